The number of benzene rings is 2. The Morgan fingerprint density at radius 3 is 2.63 bits per heavy atom. The first-order chi connectivity index (χ1) is 9.08. The Hall–Kier alpha value is -1.81. The van der Waals surface area contributed by atoms with E-state index in [1.54, 1.807) is 23.9 Å². The molecule has 0 heterocycles. The number of amidine groups is 1. The molecule has 0 aliphatic carbocycles. The monoisotopic (exact) mass is 274 g/mol. The molecule has 0 bridgehead atoms. The topological polar surface area (TPSA) is 49.9 Å². The summed E-state index contributed by atoms with van der Waals surface area (Å²) in [6.07, 6.45) is 0. The van der Waals surface area contributed by atoms with Gasteiger partial charge in [-0.15, -0.1) is 11.8 Å². The fourth-order valence-corrected chi connectivity index (χ4v) is 2.72. The lowest BCUT2D eigenvalue weighted by Crippen LogP contribution is -2.11. The number of nitrogens with two attached hydrogens (primary N) is 1. The molecule has 0 fully saturated rings. The maximum Gasteiger partial charge on any atom is 0.127 e. The molecule has 2 rings (SSSR count). The smallest absolute Gasteiger partial charge is 0.127 e. The Labute approximate surface area is 116 Å². The van der Waals surface area contributed by atoms with E-state index in [9.17, 15) is 4.39 Å². The van der Waals surface area contributed by atoms with Crippen LogP contribution in [0.5, 0.6) is 0 Å². The van der Waals surface area contributed by atoms with Crippen LogP contribution in [0.25, 0.3) is 0 Å². The standard InChI is InChI=1S/C15H15FN2S/c1-10-4-2-3-5-14(10)19-9-12-7-6-11(15(17)18)8-13(12)16/h2-8H,9H2,1H3,(H3,17,18). The molecule has 0 aliphatic heterocycles. The maximum atomic E-state index is 13.8. The van der Waals surface area contributed by atoms with Crippen LogP contribution in [0.2, 0.25) is 0 Å². The minimum atomic E-state index is -0.311. The first-order valence-electron chi connectivity index (χ1n) is 5.89. The van der Waals surface area contributed by atoms with Gasteiger partial charge in [-0.05, 0) is 30.2 Å². The van der Waals surface area contributed by atoms with Crippen molar-refractivity contribution in [3.8, 4) is 0 Å². The molecule has 0 aliphatic rings. The van der Waals surface area contributed by atoms with Crippen LogP contribution in [0.1, 0.15) is 16.7 Å². The molecule has 0 aromatic heterocycles. The highest BCUT2D eigenvalue weighted by Crippen LogP contribution is 2.26. The van der Waals surface area contributed by atoms with Crippen LogP contribution in [-0.2, 0) is 5.75 Å². The van der Waals surface area contributed by atoms with Crippen LogP contribution in [-0.4, -0.2) is 5.84 Å². The van der Waals surface area contributed by atoms with Crippen molar-refractivity contribution >= 4 is 17.6 Å². The Bertz CT molecular complexity index is 611. The molecule has 98 valence electrons. The molecule has 0 unspecified atom stereocenters. The van der Waals surface area contributed by atoms with E-state index in [4.69, 9.17) is 11.1 Å². The van der Waals surface area contributed by atoms with Crippen molar-refractivity contribution in [1.29, 1.82) is 5.41 Å². The summed E-state index contributed by atoms with van der Waals surface area (Å²) in [5.41, 5.74) is 7.56. The zero-order chi connectivity index (χ0) is 13.8. The second-order valence-corrected chi connectivity index (χ2v) is 5.29. The number of thioether (sulfide) groups is 1. The molecule has 0 radical (unpaired) electrons. The van der Waals surface area contributed by atoms with Gasteiger partial charge in [0.15, 0.2) is 0 Å². The number of hydrogen-bond acceptors (Lipinski definition) is 2. The summed E-state index contributed by atoms with van der Waals surface area (Å²) >= 11 is 1.60. The molecule has 19 heavy (non-hydrogen) atoms. The van der Waals surface area contributed by atoms with Crippen molar-refractivity contribution < 1.29 is 4.39 Å². The van der Waals surface area contributed by atoms with E-state index in [0.29, 0.717) is 16.9 Å². The molecular weight excluding hydrogens is 259 g/mol. The largest absolute Gasteiger partial charge is 0.384 e. The molecule has 2 aromatic rings. The minimum absolute atomic E-state index is 0.114. The number of nitrogens with one attached hydrogen (secondary N) is 1. The molecule has 2 aromatic carbocycles. The summed E-state index contributed by atoms with van der Waals surface area (Å²) in [4.78, 5) is 1.15. The van der Waals surface area contributed by atoms with E-state index >= 15 is 0 Å². The summed E-state index contributed by atoms with van der Waals surface area (Å²) in [5, 5.41) is 7.27. The summed E-state index contributed by atoms with van der Waals surface area (Å²) < 4.78 is 13.8. The second-order valence-electron chi connectivity index (χ2n) is 4.27. The van der Waals surface area contributed by atoms with Crippen molar-refractivity contribution in [2.24, 2.45) is 5.73 Å². The van der Waals surface area contributed by atoms with Crippen molar-refractivity contribution in [1.82, 2.24) is 0 Å². The van der Waals surface area contributed by atoms with Gasteiger partial charge in [-0.25, -0.2) is 4.39 Å². The number of nitrogen functional groups attached to an aromatic ring is 1. The number of aryl methyl sites for hydroxylation is 1. The number of rotatable bonds is 4. The minimum Gasteiger partial charge on any atom is -0.384 e. The zero-order valence-corrected chi connectivity index (χ0v) is 11.4. The van der Waals surface area contributed by atoms with Crippen LogP contribution in [0.4, 0.5) is 4.39 Å². The van der Waals surface area contributed by atoms with Gasteiger partial charge < -0.3 is 5.73 Å². The number of hydrogen-bond donors (Lipinski definition) is 2. The van der Waals surface area contributed by atoms with E-state index in [2.05, 4.69) is 0 Å². The van der Waals surface area contributed by atoms with Gasteiger partial charge >= 0.3 is 0 Å². The first kappa shape index (κ1) is 13.6. The molecule has 0 amide bonds. The number of halogens is 1. The summed E-state index contributed by atoms with van der Waals surface area (Å²) in [7, 11) is 0. The second kappa shape index (κ2) is 5.89. The summed E-state index contributed by atoms with van der Waals surface area (Å²) in [6.45, 7) is 2.04. The van der Waals surface area contributed by atoms with E-state index in [1.807, 2.05) is 31.2 Å². The third-order valence-electron chi connectivity index (χ3n) is 2.84. The lowest BCUT2D eigenvalue weighted by molar-refractivity contribution is 0.617. The van der Waals surface area contributed by atoms with Crippen molar-refractivity contribution in [3.63, 3.8) is 0 Å². The van der Waals surface area contributed by atoms with Crippen LogP contribution in [0, 0.1) is 18.2 Å². The van der Waals surface area contributed by atoms with Crippen molar-refractivity contribution in [2.75, 3.05) is 0 Å². The highest BCUT2D eigenvalue weighted by molar-refractivity contribution is 7.98. The normalized spacial score (nSPS) is 10.4. The SMILES string of the molecule is Cc1ccccc1SCc1ccc(C(=N)N)cc1F. The fraction of sp³-hybridized carbons (Fsp3) is 0.133. The van der Waals surface area contributed by atoms with Crippen molar-refractivity contribution in [3.05, 3.63) is 65.0 Å². The Morgan fingerprint density at radius 2 is 2.00 bits per heavy atom. The van der Waals surface area contributed by atoms with Crippen LogP contribution in [0.3, 0.4) is 0 Å². The predicted molar refractivity (Wildman–Crippen MR) is 78.2 cm³/mol. The van der Waals surface area contributed by atoms with Gasteiger partial charge in [-0.2, -0.15) is 0 Å². The average Bonchev–Trinajstić information content (AvgIpc) is 2.39. The van der Waals surface area contributed by atoms with Gasteiger partial charge in [0.1, 0.15) is 11.7 Å². The third-order valence-corrected chi connectivity index (χ3v) is 4.07. The Morgan fingerprint density at radius 1 is 1.26 bits per heavy atom. The van der Waals surface area contributed by atoms with Crippen LogP contribution < -0.4 is 5.73 Å². The van der Waals surface area contributed by atoms with Gasteiger partial charge in [0.25, 0.3) is 0 Å². The summed E-state index contributed by atoms with van der Waals surface area (Å²) in [6, 6.07) is 12.7. The average molecular weight is 274 g/mol. The maximum absolute atomic E-state index is 13.8. The molecule has 4 heteroatoms. The van der Waals surface area contributed by atoms with Gasteiger partial charge in [0.2, 0.25) is 0 Å². The zero-order valence-electron chi connectivity index (χ0n) is 10.6. The highest BCUT2D eigenvalue weighted by atomic mass is 32.2. The third kappa shape index (κ3) is 3.35. The fourth-order valence-electron chi connectivity index (χ4n) is 1.71. The first-order valence-corrected chi connectivity index (χ1v) is 6.87. The molecule has 0 spiro atoms. The Balaban J connectivity index is 2.12. The molecular formula is C15H15FN2S. The quantitative estimate of drug-likeness (QED) is 0.507. The van der Waals surface area contributed by atoms with E-state index in [0.717, 1.165) is 4.90 Å². The molecule has 3 N–H and O–H groups in total. The lowest BCUT2D eigenvalue weighted by atomic mass is 10.1. The lowest BCUT2D eigenvalue weighted by Gasteiger charge is -2.07. The van der Waals surface area contributed by atoms with E-state index in [1.165, 1.54) is 11.6 Å². The molecule has 0 saturated heterocycles. The molecule has 0 saturated carbocycles. The summed E-state index contributed by atoms with van der Waals surface area (Å²) in [5.74, 6) is 0.139. The van der Waals surface area contributed by atoms with E-state index < -0.39 is 0 Å². The Kier molecular flexibility index (Phi) is 4.22. The molecule has 2 nitrogen and oxygen atoms in total. The van der Waals surface area contributed by atoms with E-state index in [-0.39, 0.29) is 11.7 Å². The van der Waals surface area contributed by atoms with Crippen LogP contribution >= 0.6 is 11.8 Å². The molecule has 0 atom stereocenters. The highest BCUT2D eigenvalue weighted by Gasteiger charge is 2.06. The van der Waals surface area contributed by atoms with Crippen molar-refractivity contribution in [2.45, 2.75) is 17.6 Å². The van der Waals surface area contributed by atoms with Gasteiger partial charge in [0, 0.05) is 16.2 Å². The van der Waals surface area contributed by atoms with Gasteiger partial charge in [0.05, 0.1) is 0 Å². The predicted octanol–water partition coefficient (Wildman–Crippen LogP) is 3.71. The van der Waals surface area contributed by atoms with Gasteiger partial charge in [-0.3, -0.25) is 5.41 Å². The van der Waals surface area contributed by atoms with Crippen LogP contribution in [0.15, 0.2) is 47.4 Å². The van der Waals surface area contributed by atoms with Gasteiger partial charge in [-0.1, -0.05) is 30.3 Å².